The number of hydrogen-bond acceptors (Lipinski definition) is 4. The smallest absolute Gasteiger partial charge is 0.272 e. The molecule has 1 saturated heterocycles. The van der Waals surface area contributed by atoms with Gasteiger partial charge in [-0.1, -0.05) is 29.8 Å². The zero-order chi connectivity index (χ0) is 17.8. The molecule has 1 aliphatic heterocycles. The van der Waals surface area contributed by atoms with Gasteiger partial charge < -0.3 is 14.5 Å². The summed E-state index contributed by atoms with van der Waals surface area (Å²) >= 11 is 0. The summed E-state index contributed by atoms with van der Waals surface area (Å²) in [5.41, 5.74) is 3.83. The fourth-order valence-electron chi connectivity index (χ4n) is 2.98. The maximum Gasteiger partial charge on any atom is 0.272 e. The van der Waals surface area contributed by atoms with Gasteiger partial charge in [0.25, 0.3) is 5.91 Å². The van der Waals surface area contributed by atoms with Crippen molar-refractivity contribution in [1.82, 2.24) is 9.88 Å². The minimum absolute atomic E-state index is 0.0121. The second-order valence-corrected chi connectivity index (χ2v) is 6.50. The molecular formula is C20H25N3O2. The van der Waals surface area contributed by atoms with E-state index in [1.54, 1.807) is 11.1 Å². The third kappa shape index (κ3) is 3.99. The first-order valence-electron chi connectivity index (χ1n) is 8.69. The standard InChI is InChI=1S/C20H25N3O2/c1-15-4-6-17(7-5-15)16(2)22(3)20(24)19-14-18(8-9-21-19)23-10-12-25-13-11-23/h4-9,14,16H,10-13H2,1-3H3/t16-/m1/s1. The quantitative estimate of drug-likeness (QED) is 0.859. The van der Waals surface area contributed by atoms with Crippen molar-refractivity contribution in [3.05, 3.63) is 59.4 Å². The van der Waals surface area contributed by atoms with E-state index in [1.807, 2.05) is 26.1 Å². The number of anilines is 1. The van der Waals surface area contributed by atoms with Crippen LogP contribution in [0.2, 0.25) is 0 Å². The highest BCUT2D eigenvalue weighted by Gasteiger charge is 2.21. The van der Waals surface area contributed by atoms with Crippen LogP contribution in [0.4, 0.5) is 5.69 Å². The van der Waals surface area contributed by atoms with Crippen LogP contribution >= 0.6 is 0 Å². The highest BCUT2D eigenvalue weighted by molar-refractivity contribution is 5.93. The lowest BCUT2D eigenvalue weighted by atomic mass is 10.1. The van der Waals surface area contributed by atoms with Gasteiger partial charge in [0.1, 0.15) is 5.69 Å². The molecule has 0 unspecified atom stereocenters. The van der Waals surface area contributed by atoms with Gasteiger partial charge in [-0.05, 0) is 31.5 Å². The van der Waals surface area contributed by atoms with Crippen molar-refractivity contribution < 1.29 is 9.53 Å². The Morgan fingerprint density at radius 1 is 1.20 bits per heavy atom. The van der Waals surface area contributed by atoms with Gasteiger partial charge in [0, 0.05) is 32.0 Å². The first-order chi connectivity index (χ1) is 12.1. The lowest BCUT2D eigenvalue weighted by molar-refractivity contribution is 0.0736. The number of pyridine rings is 1. The molecule has 1 amide bonds. The normalized spacial score (nSPS) is 15.7. The zero-order valence-electron chi connectivity index (χ0n) is 15.1. The Morgan fingerprint density at radius 3 is 2.56 bits per heavy atom. The molecule has 5 nitrogen and oxygen atoms in total. The molecule has 0 saturated carbocycles. The van der Waals surface area contributed by atoms with E-state index < -0.39 is 0 Å². The van der Waals surface area contributed by atoms with Gasteiger partial charge in [-0.25, -0.2) is 0 Å². The summed E-state index contributed by atoms with van der Waals surface area (Å²) in [4.78, 5) is 21.2. The summed E-state index contributed by atoms with van der Waals surface area (Å²) in [7, 11) is 1.83. The fourth-order valence-corrected chi connectivity index (χ4v) is 2.98. The summed E-state index contributed by atoms with van der Waals surface area (Å²) in [6, 6.07) is 12.1. The number of nitrogens with zero attached hydrogens (tertiary/aromatic N) is 3. The Balaban J connectivity index is 1.76. The molecule has 0 N–H and O–H groups in total. The second-order valence-electron chi connectivity index (χ2n) is 6.50. The zero-order valence-corrected chi connectivity index (χ0v) is 15.1. The van der Waals surface area contributed by atoms with E-state index in [2.05, 4.69) is 41.1 Å². The maximum absolute atomic E-state index is 12.9. The molecule has 0 aliphatic carbocycles. The molecule has 0 radical (unpaired) electrons. The Labute approximate surface area is 149 Å². The molecule has 1 fully saturated rings. The van der Waals surface area contributed by atoms with Gasteiger partial charge in [0.2, 0.25) is 0 Å². The molecule has 5 heteroatoms. The molecule has 2 aromatic rings. The van der Waals surface area contributed by atoms with Crippen molar-refractivity contribution in [2.75, 3.05) is 38.3 Å². The van der Waals surface area contributed by atoms with Gasteiger partial charge >= 0.3 is 0 Å². The Morgan fingerprint density at radius 2 is 1.88 bits per heavy atom. The minimum atomic E-state index is -0.0665. The number of hydrogen-bond donors (Lipinski definition) is 0. The minimum Gasteiger partial charge on any atom is -0.378 e. The van der Waals surface area contributed by atoms with Crippen molar-refractivity contribution in [2.24, 2.45) is 0 Å². The van der Waals surface area contributed by atoms with Gasteiger partial charge in [0.05, 0.1) is 19.3 Å². The van der Waals surface area contributed by atoms with E-state index in [1.165, 1.54) is 5.56 Å². The maximum atomic E-state index is 12.9. The summed E-state index contributed by atoms with van der Waals surface area (Å²) in [6.45, 7) is 7.21. The molecule has 0 spiro atoms. The van der Waals surface area contributed by atoms with Crippen molar-refractivity contribution in [1.29, 1.82) is 0 Å². The predicted octanol–water partition coefficient (Wildman–Crippen LogP) is 3.06. The topological polar surface area (TPSA) is 45.7 Å². The number of aryl methyl sites for hydroxylation is 1. The molecule has 1 aromatic carbocycles. The lowest BCUT2D eigenvalue weighted by Gasteiger charge is -2.29. The highest BCUT2D eigenvalue weighted by Crippen LogP contribution is 2.22. The van der Waals surface area contributed by atoms with Crippen molar-refractivity contribution in [3.63, 3.8) is 0 Å². The van der Waals surface area contributed by atoms with Crippen LogP contribution in [0.5, 0.6) is 0 Å². The van der Waals surface area contributed by atoms with E-state index in [4.69, 9.17) is 4.74 Å². The molecular weight excluding hydrogens is 314 g/mol. The lowest BCUT2D eigenvalue weighted by Crippen LogP contribution is -2.36. The van der Waals surface area contributed by atoms with Gasteiger partial charge in [-0.2, -0.15) is 0 Å². The van der Waals surface area contributed by atoms with Crippen LogP contribution < -0.4 is 4.90 Å². The van der Waals surface area contributed by atoms with Crippen LogP contribution in [0.15, 0.2) is 42.6 Å². The van der Waals surface area contributed by atoms with Gasteiger partial charge in [0.15, 0.2) is 0 Å². The predicted molar refractivity (Wildman–Crippen MR) is 99.0 cm³/mol. The van der Waals surface area contributed by atoms with Gasteiger partial charge in [-0.3, -0.25) is 9.78 Å². The number of ether oxygens (including phenoxy) is 1. The molecule has 1 atom stereocenters. The largest absolute Gasteiger partial charge is 0.378 e. The van der Waals surface area contributed by atoms with E-state index in [0.29, 0.717) is 5.69 Å². The first-order valence-corrected chi connectivity index (χ1v) is 8.69. The van der Waals surface area contributed by atoms with Crippen molar-refractivity contribution in [2.45, 2.75) is 19.9 Å². The monoisotopic (exact) mass is 339 g/mol. The average Bonchev–Trinajstić information content (AvgIpc) is 2.67. The Hall–Kier alpha value is -2.40. The Bertz CT molecular complexity index is 724. The van der Waals surface area contributed by atoms with Crippen LogP contribution in [0.1, 0.15) is 34.6 Å². The van der Waals surface area contributed by atoms with Crippen molar-refractivity contribution >= 4 is 11.6 Å². The van der Waals surface area contributed by atoms with E-state index >= 15 is 0 Å². The SMILES string of the molecule is Cc1ccc([C@@H](C)N(C)C(=O)c2cc(N3CCOCC3)ccn2)cc1. The number of amides is 1. The number of benzene rings is 1. The van der Waals surface area contributed by atoms with Crippen LogP contribution in [-0.2, 0) is 4.74 Å². The fraction of sp³-hybridized carbons (Fsp3) is 0.400. The number of rotatable bonds is 4. The summed E-state index contributed by atoms with van der Waals surface area (Å²) in [5.74, 6) is -0.0665. The summed E-state index contributed by atoms with van der Waals surface area (Å²) in [6.07, 6.45) is 1.71. The summed E-state index contributed by atoms with van der Waals surface area (Å²) in [5, 5.41) is 0. The number of carbonyl (C=O) groups is 1. The summed E-state index contributed by atoms with van der Waals surface area (Å²) < 4.78 is 5.39. The molecule has 132 valence electrons. The van der Waals surface area contributed by atoms with Crippen LogP contribution in [0, 0.1) is 6.92 Å². The number of carbonyl (C=O) groups excluding carboxylic acids is 1. The molecule has 25 heavy (non-hydrogen) atoms. The highest BCUT2D eigenvalue weighted by atomic mass is 16.5. The van der Waals surface area contributed by atoms with Crippen molar-refractivity contribution in [3.8, 4) is 0 Å². The Kier molecular flexibility index (Phi) is 5.34. The third-order valence-electron chi connectivity index (χ3n) is 4.80. The number of aromatic nitrogens is 1. The van der Waals surface area contributed by atoms with Crippen LogP contribution in [-0.4, -0.2) is 49.1 Å². The molecule has 3 rings (SSSR count). The molecule has 2 heterocycles. The van der Waals surface area contributed by atoms with Crippen LogP contribution in [0.3, 0.4) is 0 Å². The van der Waals surface area contributed by atoms with E-state index in [0.717, 1.165) is 37.6 Å². The molecule has 1 aliphatic rings. The third-order valence-corrected chi connectivity index (χ3v) is 4.80. The first kappa shape index (κ1) is 17.4. The van der Waals surface area contributed by atoms with Gasteiger partial charge in [-0.15, -0.1) is 0 Å². The van der Waals surface area contributed by atoms with E-state index in [9.17, 15) is 4.79 Å². The molecule has 0 bridgehead atoms. The average molecular weight is 339 g/mol. The van der Waals surface area contributed by atoms with E-state index in [-0.39, 0.29) is 11.9 Å². The number of morpholine rings is 1. The van der Waals surface area contributed by atoms with Crippen LogP contribution in [0.25, 0.3) is 0 Å². The molecule has 1 aromatic heterocycles. The second kappa shape index (κ2) is 7.66.